The van der Waals surface area contributed by atoms with Gasteiger partial charge in [-0.05, 0) is 47.4 Å². The fraction of sp³-hybridized carbons (Fsp3) is 0.174. The van der Waals surface area contributed by atoms with Crippen molar-refractivity contribution >= 4 is 17.5 Å². The van der Waals surface area contributed by atoms with Crippen molar-refractivity contribution in [3.63, 3.8) is 0 Å². The van der Waals surface area contributed by atoms with Crippen molar-refractivity contribution in [3.8, 4) is 5.75 Å². The van der Waals surface area contributed by atoms with Gasteiger partial charge in [0.15, 0.2) is 0 Å². The third kappa shape index (κ3) is 5.35. The maximum absolute atomic E-state index is 12.6. The van der Waals surface area contributed by atoms with Gasteiger partial charge in [0.05, 0.1) is 13.2 Å². The van der Waals surface area contributed by atoms with Gasteiger partial charge < -0.3 is 10.1 Å². The molecule has 3 rings (SSSR count). The highest BCUT2D eigenvalue weighted by atomic mass is 35.5. The summed E-state index contributed by atoms with van der Waals surface area (Å²) in [5.41, 5.74) is 3.15. The van der Waals surface area contributed by atoms with E-state index in [-0.39, 0.29) is 11.9 Å². The van der Waals surface area contributed by atoms with Crippen LogP contribution in [0, 0.1) is 0 Å². The lowest BCUT2D eigenvalue weighted by Gasteiger charge is -2.20. The Bertz CT molecular complexity index is 861. The van der Waals surface area contributed by atoms with Crippen LogP contribution in [0.1, 0.15) is 29.2 Å². The standard InChI is InChI=1S/C23H22ClNO2/c1-27-21-14-10-19(11-15-21)23(18-5-3-2-4-6-18)25-22(26)16-9-17-7-12-20(24)13-8-17/h2-8,10-15,23H,9,16H2,1H3,(H,25,26). The summed E-state index contributed by atoms with van der Waals surface area (Å²) >= 11 is 5.91. The zero-order chi connectivity index (χ0) is 19.1. The Kier molecular flexibility index (Phi) is 6.50. The minimum Gasteiger partial charge on any atom is -0.497 e. The maximum atomic E-state index is 12.6. The van der Waals surface area contributed by atoms with Crippen LogP contribution in [0.5, 0.6) is 5.75 Å². The zero-order valence-corrected chi connectivity index (χ0v) is 15.9. The third-order valence-electron chi connectivity index (χ3n) is 4.44. The SMILES string of the molecule is COc1ccc(C(NC(=O)CCc2ccc(Cl)cc2)c2ccccc2)cc1. The van der Waals surface area contributed by atoms with Crippen molar-refractivity contribution in [1.82, 2.24) is 5.32 Å². The second-order valence-corrected chi connectivity index (χ2v) is 6.75. The van der Waals surface area contributed by atoms with Gasteiger partial charge in [-0.2, -0.15) is 0 Å². The molecule has 4 heteroatoms. The van der Waals surface area contributed by atoms with Gasteiger partial charge in [0.2, 0.25) is 5.91 Å². The molecule has 3 aromatic rings. The van der Waals surface area contributed by atoms with Crippen molar-refractivity contribution in [2.24, 2.45) is 0 Å². The number of aryl methyl sites for hydroxylation is 1. The minimum absolute atomic E-state index is 0.00891. The average Bonchev–Trinajstić information content (AvgIpc) is 2.72. The van der Waals surface area contributed by atoms with Crippen LogP contribution >= 0.6 is 11.6 Å². The monoisotopic (exact) mass is 379 g/mol. The van der Waals surface area contributed by atoms with Crippen LogP contribution < -0.4 is 10.1 Å². The highest BCUT2D eigenvalue weighted by Gasteiger charge is 2.16. The van der Waals surface area contributed by atoms with E-state index in [4.69, 9.17) is 16.3 Å². The highest BCUT2D eigenvalue weighted by molar-refractivity contribution is 6.30. The Morgan fingerprint density at radius 1 is 0.926 bits per heavy atom. The van der Waals surface area contributed by atoms with Gasteiger partial charge in [-0.1, -0.05) is 66.2 Å². The topological polar surface area (TPSA) is 38.3 Å². The number of amides is 1. The number of carbonyl (C=O) groups excluding carboxylic acids is 1. The second kappa shape index (κ2) is 9.24. The average molecular weight is 380 g/mol. The largest absolute Gasteiger partial charge is 0.497 e. The molecular formula is C23H22ClNO2. The number of nitrogens with one attached hydrogen (secondary N) is 1. The van der Waals surface area contributed by atoms with E-state index in [0.717, 1.165) is 22.4 Å². The van der Waals surface area contributed by atoms with E-state index in [2.05, 4.69) is 5.32 Å². The first-order valence-electron chi connectivity index (χ1n) is 8.88. The Balaban J connectivity index is 1.72. The number of benzene rings is 3. The summed E-state index contributed by atoms with van der Waals surface area (Å²) in [6.45, 7) is 0. The van der Waals surface area contributed by atoms with Crippen molar-refractivity contribution in [1.29, 1.82) is 0 Å². The summed E-state index contributed by atoms with van der Waals surface area (Å²) in [4.78, 5) is 12.6. The van der Waals surface area contributed by atoms with Crippen LogP contribution in [0.2, 0.25) is 5.02 Å². The number of hydrogen-bond donors (Lipinski definition) is 1. The maximum Gasteiger partial charge on any atom is 0.221 e. The molecule has 27 heavy (non-hydrogen) atoms. The third-order valence-corrected chi connectivity index (χ3v) is 4.69. The Morgan fingerprint density at radius 2 is 1.56 bits per heavy atom. The smallest absolute Gasteiger partial charge is 0.221 e. The van der Waals surface area contributed by atoms with E-state index in [1.807, 2.05) is 78.9 Å². The fourth-order valence-corrected chi connectivity index (χ4v) is 3.07. The van der Waals surface area contributed by atoms with Gasteiger partial charge in [-0.25, -0.2) is 0 Å². The van der Waals surface area contributed by atoms with E-state index in [0.29, 0.717) is 17.9 Å². The number of ether oxygens (including phenoxy) is 1. The Morgan fingerprint density at radius 3 is 2.19 bits per heavy atom. The second-order valence-electron chi connectivity index (χ2n) is 6.31. The summed E-state index contributed by atoms with van der Waals surface area (Å²) < 4.78 is 5.23. The molecule has 0 saturated carbocycles. The molecule has 3 nitrogen and oxygen atoms in total. The lowest BCUT2D eigenvalue weighted by atomic mass is 9.98. The first kappa shape index (κ1) is 19.0. The molecule has 0 aliphatic heterocycles. The molecule has 0 aromatic heterocycles. The molecule has 1 unspecified atom stereocenters. The Hall–Kier alpha value is -2.78. The van der Waals surface area contributed by atoms with Crippen LogP contribution in [0.15, 0.2) is 78.9 Å². The van der Waals surface area contributed by atoms with Crippen LogP contribution in [-0.4, -0.2) is 13.0 Å². The molecule has 1 atom stereocenters. The van der Waals surface area contributed by atoms with Crippen molar-refractivity contribution in [2.75, 3.05) is 7.11 Å². The fourth-order valence-electron chi connectivity index (χ4n) is 2.94. The molecule has 1 N–H and O–H groups in total. The minimum atomic E-state index is -0.199. The first-order chi connectivity index (χ1) is 13.2. The van der Waals surface area contributed by atoms with Gasteiger partial charge in [0.1, 0.15) is 5.75 Å². The Labute approximate surface area is 164 Å². The van der Waals surface area contributed by atoms with Gasteiger partial charge in [0.25, 0.3) is 0 Å². The molecule has 3 aromatic carbocycles. The first-order valence-corrected chi connectivity index (χ1v) is 9.26. The predicted octanol–water partition coefficient (Wildman–Crippen LogP) is 5.19. The summed E-state index contributed by atoms with van der Waals surface area (Å²) in [5, 5.41) is 3.86. The lowest BCUT2D eigenvalue weighted by molar-refractivity contribution is -0.121. The lowest BCUT2D eigenvalue weighted by Crippen LogP contribution is -2.29. The van der Waals surface area contributed by atoms with Crippen molar-refractivity contribution in [3.05, 3.63) is 101 Å². The molecule has 0 bridgehead atoms. The number of carbonyl (C=O) groups is 1. The molecule has 0 heterocycles. The van der Waals surface area contributed by atoms with Gasteiger partial charge in [-0.3, -0.25) is 4.79 Å². The highest BCUT2D eigenvalue weighted by Crippen LogP contribution is 2.24. The number of halogens is 1. The van der Waals surface area contributed by atoms with Gasteiger partial charge in [0, 0.05) is 11.4 Å². The van der Waals surface area contributed by atoms with E-state index in [1.165, 1.54) is 0 Å². The van der Waals surface area contributed by atoms with E-state index in [1.54, 1.807) is 7.11 Å². The molecule has 0 aliphatic rings. The zero-order valence-electron chi connectivity index (χ0n) is 15.2. The van der Waals surface area contributed by atoms with E-state index in [9.17, 15) is 4.79 Å². The van der Waals surface area contributed by atoms with Crippen LogP contribution in [0.4, 0.5) is 0 Å². The van der Waals surface area contributed by atoms with Crippen molar-refractivity contribution < 1.29 is 9.53 Å². The summed E-state index contributed by atoms with van der Waals surface area (Å²) in [6.07, 6.45) is 1.09. The molecule has 0 saturated heterocycles. The van der Waals surface area contributed by atoms with Gasteiger partial charge in [-0.15, -0.1) is 0 Å². The van der Waals surface area contributed by atoms with E-state index < -0.39 is 0 Å². The normalized spacial score (nSPS) is 11.6. The van der Waals surface area contributed by atoms with Crippen LogP contribution in [0.3, 0.4) is 0 Å². The number of rotatable bonds is 7. The van der Waals surface area contributed by atoms with E-state index >= 15 is 0 Å². The summed E-state index contributed by atoms with van der Waals surface area (Å²) in [7, 11) is 1.64. The molecule has 1 amide bonds. The number of methoxy groups -OCH3 is 1. The predicted molar refractivity (Wildman–Crippen MR) is 109 cm³/mol. The summed E-state index contributed by atoms with van der Waals surface area (Å²) in [6, 6.07) is 25.1. The molecule has 0 aliphatic carbocycles. The number of hydrogen-bond acceptors (Lipinski definition) is 2. The van der Waals surface area contributed by atoms with Crippen LogP contribution in [-0.2, 0) is 11.2 Å². The van der Waals surface area contributed by atoms with Crippen LogP contribution in [0.25, 0.3) is 0 Å². The molecule has 0 spiro atoms. The van der Waals surface area contributed by atoms with Crippen molar-refractivity contribution in [2.45, 2.75) is 18.9 Å². The molecular weight excluding hydrogens is 358 g/mol. The van der Waals surface area contributed by atoms with Gasteiger partial charge >= 0.3 is 0 Å². The molecule has 0 radical (unpaired) electrons. The quantitative estimate of drug-likeness (QED) is 0.613. The molecule has 0 fully saturated rings. The summed E-state index contributed by atoms with van der Waals surface area (Å²) in [5.74, 6) is 0.800. The molecule has 138 valence electrons.